The first-order valence-corrected chi connectivity index (χ1v) is 6.82. The fourth-order valence-corrected chi connectivity index (χ4v) is 2.29. The molecule has 1 aromatic heterocycles. The Morgan fingerprint density at radius 2 is 2.33 bits per heavy atom. The fraction of sp³-hybridized carbons (Fsp3) is 0.571. The van der Waals surface area contributed by atoms with E-state index in [0.717, 1.165) is 5.76 Å². The smallest absolute Gasteiger partial charge is 0.315 e. The highest BCUT2D eigenvalue weighted by Crippen LogP contribution is 2.28. The Kier molecular flexibility index (Phi) is 4.52. The minimum Gasteiger partial charge on any atom is -0.481 e. The first kappa shape index (κ1) is 15.4. The molecule has 1 saturated heterocycles. The molecular formula is C14H20N2O5. The summed E-state index contributed by atoms with van der Waals surface area (Å²) < 4.78 is 10.4. The van der Waals surface area contributed by atoms with E-state index in [-0.39, 0.29) is 19.3 Å². The van der Waals surface area contributed by atoms with Crippen LogP contribution in [0, 0.1) is 5.41 Å². The molecule has 1 aliphatic heterocycles. The highest BCUT2D eigenvalue weighted by Gasteiger charge is 2.47. The van der Waals surface area contributed by atoms with Crippen LogP contribution in [-0.2, 0) is 16.0 Å². The van der Waals surface area contributed by atoms with Crippen molar-refractivity contribution >= 4 is 12.0 Å². The molecule has 2 heterocycles. The van der Waals surface area contributed by atoms with E-state index in [0.29, 0.717) is 6.42 Å². The number of carbonyl (C=O) groups excluding carboxylic acids is 1. The number of carboxylic acids is 1. The number of carboxylic acid groups (broad SMARTS) is 1. The largest absolute Gasteiger partial charge is 0.481 e. The van der Waals surface area contributed by atoms with Gasteiger partial charge >= 0.3 is 12.0 Å². The lowest BCUT2D eigenvalue weighted by Crippen LogP contribution is -2.53. The van der Waals surface area contributed by atoms with Crippen LogP contribution in [0.1, 0.15) is 19.6 Å². The van der Waals surface area contributed by atoms with E-state index in [1.165, 1.54) is 0 Å². The summed E-state index contributed by atoms with van der Waals surface area (Å²) in [5.41, 5.74) is -1.10. The Bertz CT molecular complexity index is 501. The van der Waals surface area contributed by atoms with Crippen molar-refractivity contribution in [2.24, 2.45) is 5.41 Å². The summed E-state index contributed by atoms with van der Waals surface area (Å²) >= 11 is 0. The van der Waals surface area contributed by atoms with Gasteiger partial charge in [0.2, 0.25) is 0 Å². The number of aliphatic carboxylic acids is 1. The number of hydrogen-bond acceptors (Lipinski definition) is 4. The van der Waals surface area contributed by atoms with Crippen molar-refractivity contribution in [3.63, 3.8) is 0 Å². The minimum atomic E-state index is -1.10. The molecule has 7 heteroatoms. The number of carbonyl (C=O) groups is 2. The average molecular weight is 296 g/mol. The van der Waals surface area contributed by atoms with Gasteiger partial charge in [0.05, 0.1) is 25.5 Å². The second-order valence-corrected chi connectivity index (χ2v) is 5.59. The molecule has 3 N–H and O–H groups in total. The van der Waals surface area contributed by atoms with Gasteiger partial charge in [0.1, 0.15) is 11.2 Å². The van der Waals surface area contributed by atoms with E-state index in [9.17, 15) is 14.7 Å². The Labute approximate surface area is 122 Å². The van der Waals surface area contributed by atoms with Gasteiger partial charge in [-0.2, -0.15) is 0 Å². The summed E-state index contributed by atoms with van der Waals surface area (Å²) in [6.45, 7) is 3.71. The Morgan fingerprint density at radius 3 is 2.95 bits per heavy atom. The summed E-state index contributed by atoms with van der Waals surface area (Å²) in [5, 5.41) is 14.7. The number of nitrogens with one attached hydrogen (secondary N) is 2. The van der Waals surface area contributed by atoms with Crippen molar-refractivity contribution in [3.05, 3.63) is 24.2 Å². The number of hydrogen-bond donors (Lipinski definition) is 3. The zero-order valence-corrected chi connectivity index (χ0v) is 12.1. The Morgan fingerprint density at radius 1 is 1.57 bits per heavy atom. The molecule has 3 atom stereocenters. The third-order valence-electron chi connectivity index (χ3n) is 3.71. The average Bonchev–Trinajstić information content (AvgIpc) is 3.01. The van der Waals surface area contributed by atoms with E-state index < -0.39 is 23.5 Å². The molecule has 2 rings (SSSR count). The summed E-state index contributed by atoms with van der Waals surface area (Å²) in [5.74, 6) is -0.198. The van der Waals surface area contributed by atoms with Gasteiger partial charge < -0.3 is 24.9 Å². The van der Waals surface area contributed by atoms with Gasteiger partial charge in [0.15, 0.2) is 0 Å². The van der Waals surface area contributed by atoms with Crippen LogP contribution >= 0.6 is 0 Å². The lowest BCUT2D eigenvalue weighted by molar-refractivity contribution is -0.148. The van der Waals surface area contributed by atoms with Crippen molar-refractivity contribution in [1.29, 1.82) is 0 Å². The van der Waals surface area contributed by atoms with Crippen LogP contribution < -0.4 is 10.6 Å². The van der Waals surface area contributed by atoms with Crippen LogP contribution in [0.15, 0.2) is 22.8 Å². The summed E-state index contributed by atoms with van der Waals surface area (Å²) in [6.07, 6.45) is 2.15. The van der Waals surface area contributed by atoms with Crippen molar-refractivity contribution in [1.82, 2.24) is 10.6 Å². The molecule has 3 unspecified atom stereocenters. The molecule has 0 aliphatic carbocycles. The number of urea groups is 1. The molecular weight excluding hydrogens is 276 g/mol. The molecule has 2 amide bonds. The third kappa shape index (κ3) is 3.55. The quantitative estimate of drug-likeness (QED) is 0.752. The van der Waals surface area contributed by atoms with E-state index in [1.54, 1.807) is 19.3 Å². The van der Waals surface area contributed by atoms with E-state index in [2.05, 4.69) is 10.6 Å². The molecule has 0 spiro atoms. The molecule has 0 radical (unpaired) electrons. The first-order valence-electron chi connectivity index (χ1n) is 6.82. The van der Waals surface area contributed by atoms with Gasteiger partial charge in [-0.3, -0.25) is 4.79 Å². The molecule has 116 valence electrons. The topological polar surface area (TPSA) is 101 Å². The second kappa shape index (κ2) is 6.17. The van der Waals surface area contributed by atoms with Crippen molar-refractivity contribution in [2.45, 2.75) is 32.4 Å². The maximum atomic E-state index is 11.9. The van der Waals surface area contributed by atoms with Crippen LogP contribution in [0.3, 0.4) is 0 Å². The molecule has 1 aromatic rings. The van der Waals surface area contributed by atoms with Crippen molar-refractivity contribution in [2.75, 3.05) is 13.2 Å². The normalized spacial score (nSPS) is 26.3. The van der Waals surface area contributed by atoms with Crippen LogP contribution in [-0.4, -0.2) is 42.4 Å². The molecule has 1 fully saturated rings. The van der Waals surface area contributed by atoms with Crippen LogP contribution in [0.4, 0.5) is 4.79 Å². The predicted octanol–water partition coefficient (Wildman–Crippen LogP) is 0.999. The zero-order chi connectivity index (χ0) is 15.5. The van der Waals surface area contributed by atoms with Crippen LogP contribution in [0.2, 0.25) is 0 Å². The minimum absolute atomic E-state index is 0.0925. The second-order valence-electron chi connectivity index (χ2n) is 5.59. The van der Waals surface area contributed by atoms with E-state index >= 15 is 0 Å². The molecule has 7 nitrogen and oxygen atoms in total. The number of rotatable bonds is 5. The number of amides is 2. The molecule has 21 heavy (non-hydrogen) atoms. The number of furan rings is 1. The summed E-state index contributed by atoms with van der Waals surface area (Å²) in [7, 11) is 0. The SMILES string of the molecule is CC(Cc1ccco1)NC(=O)NC1COCC1(C)C(=O)O. The summed E-state index contributed by atoms with van der Waals surface area (Å²) in [6, 6.07) is 2.54. The Hall–Kier alpha value is -2.02. The van der Waals surface area contributed by atoms with Gasteiger partial charge in [-0.1, -0.05) is 0 Å². The highest BCUT2D eigenvalue weighted by molar-refractivity contribution is 5.79. The van der Waals surface area contributed by atoms with E-state index in [1.807, 2.05) is 13.0 Å². The van der Waals surface area contributed by atoms with Crippen LogP contribution in [0.5, 0.6) is 0 Å². The number of ether oxygens (including phenoxy) is 1. The van der Waals surface area contributed by atoms with Crippen molar-refractivity contribution in [3.8, 4) is 0 Å². The molecule has 0 saturated carbocycles. The standard InChI is InChI=1S/C14H20N2O5/c1-9(6-10-4-3-5-21-10)15-13(19)16-11-7-20-8-14(11,2)12(17)18/h3-5,9,11H,6-8H2,1-2H3,(H,17,18)(H2,15,16,19). The van der Waals surface area contributed by atoms with Gasteiger partial charge in [0.25, 0.3) is 0 Å². The van der Waals surface area contributed by atoms with Gasteiger partial charge in [-0.05, 0) is 26.0 Å². The Balaban J connectivity index is 1.85. The lowest BCUT2D eigenvalue weighted by atomic mass is 9.85. The maximum absolute atomic E-state index is 11.9. The molecule has 0 aromatic carbocycles. The third-order valence-corrected chi connectivity index (χ3v) is 3.71. The summed E-state index contributed by atoms with van der Waals surface area (Å²) in [4.78, 5) is 23.2. The lowest BCUT2D eigenvalue weighted by Gasteiger charge is -2.26. The predicted molar refractivity (Wildman–Crippen MR) is 73.9 cm³/mol. The highest BCUT2D eigenvalue weighted by atomic mass is 16.5. The van der Waals surface area contributed by atoms with Gasteiger partial charge in [-0.15, -0.1) is 0 Å². The fourth-order valence-electron chi connectivity index (χ4n) is 2.29. The molecule has 1 aliphatic rings. The zero-order valence-electron chi connectivity index (χ0n) is 12.1. The van der Waals surface area contributed by atoms with Gasteiger partial charge in [-0.25, -0.2) is 4.79 Å². The first-order chi connectivity index (χ1) is 9.91. The molecule has 0 bridgehead atoms. The van der Waals surface area contributed by atoms with E-state index in [4.69, 9.17) is 9.15 Å². The van der Waals surface area contributed by atoms with Crippen molar-refractivity contribution < 1.29 is 23.8 Å². The monoisotopic (exact) mass is 296 g/mol. The van der Waals surface area contributed by atoms with Gasteiger partial charge in [0, 0.05) is 12.5 Å². The maximum Gasteiger partial charge on any atom is 0.315 e. The van der Waals surface area contributed by atoms with Crippen LogP contribution in [0.25, 0.3) is 0 Å².